The van der Waals surface area contributed by atoms with Crippen molar-refractivity contribution in [3.8, 4) is 11.3 Å². The van der Waals surface area contributed by atoms with Crippen LogP contribution in [0.2, 0.25) is 0 Å². The van der Waals surface area contributed by atoms with E-state index in [0.29, 0.717) is 17.2 Å². The van der Waals surface area contributed by atoms with Gasteiger partial charge in [0.1, 0.15) is 11.6 Å². The summed E-state index contributed by atoms with van der Waals surface area (Å²) in [6.07, 6.45) is 0.927. The first-order valence-electron chi connectivity index (χ1n) is 7.93. The van der Waals surface area contributed by atoms with Crippen molar-refractivity contribution in [1.29, 1.82) is 0 Å². The summed E-state index contributed by atoms with van der Waals surface area (Å²) < 4.78 is 19.3. The van der Waals surface area contributed by atoms with E-state index < -0.39 is 0 Å². The van der Waals surface area contributed by atoms with E-state index in [2.05, 4.69) is 17.4 Å². The smallest absolute Gasteiger partial charge is 0.287 e. The summed E-state index contributed by atoms with van der Waals surface area (Å²) in [7, 11) is 0. The van der Waals surface area contributed by atoms with Gasteiger partial charge in [0.15, 0.2) is 5.76 Å². The molecule has 24 heavy (non-hydrogen) atoms. The van der Waals surface area contributed by atoms with Gasteiger partial charge < -0.3 is 9.73 Å². The Morgan fingerprint density at radius 2 is 1.75 bits per heavy atom. The Balaban J connectivity index is 1.44. The average molecular weight is 321 g/mol. The molecule has 2 atom stereocenters. The average Bonchev–Trinajstić information content (AvgIpc) is 3.19. The molecule has 0 aliphatic heterocycles. The second-order valence-corrected chi connectivity index (χ2v) is 5.98. The Morgan fingerprint density at radius 3 is 2.54 bits per heavy atom. The maximum absolute atomic E-state index is 13.8. The molecule has 0 spiro atoms. The summed E-state index contributed by atoms with van der Waals surface area (Å²) in [5.74, 6) is 0.280. The minimum atomic E-state index is -0.370. The van der Waals surface area contributed by atoms with Gasteiger partial charge >= 0.3 is 0 Å². The van der Waals surface area contributed by atoms with Crippen molar-refractivity contribution in [3.63, 3.8) is 0 Å². The lowest BCUT2D eigenvalue weighted by Crippen LogP contribution is -2.26. The molecule has 1 fully saturated rings. The molecule has 1 aliphatic rings. The topological polar surface area (TPSA) is 42.2 Å². The predicted molar refractivity (Wildman–Crippen MR) is 89.2 cm³/mol. The van der Waals surface area contributed by atoms with Crippen molar-refractivity contribution in [1.82, 2.24) is 5.32 Å². The normalized spacial score (nSPS) is 19.0. The minimum absolute atomic E-state index is 0.127. The summed E-state index contributed by atoms with van der Waals surface area (Å²) >= 11 is 0. The molecule has 1 saturated carbocycles. The molecule has 4 rings (SSSR count). The number of halogens is 1. The quantitative estimate of drug-likeness (QED) is 0.775. The highest BCUT2D eigenvalue weighted by Gasteiger charge is 2.39. The number of carbonyl (C=O) groups excluding carboxylic acids is 1. The van der Waals surface area contributed by atoms with E-state index in [4.69, 9.17) is 4.42 Å². The summed E-state index contributed by atoms with van der Waals surface area (Å²) in [6, 6.07) is 19.8. The third kappa shape index (κ3) is 2.83. The van der Waals surface area contributed by atoms with Crippen LogP contribution in [-0.2, 0) is 0 Å². The minimum Gasteiger partial charge on any atom is -0.451 e. The molecule has 1 aliphatic carbocycles. The monoisotopic (exact) mass is 321 g/mol. The van der Waals surface area contributed by atoms with Crippen molar-refractivity contribution in [2.45, 2.75) is 18.4 Å². The molecule has 120 valence electrons. The highest BCUT2D eigenvalue weighted by molar-refractivity contribution is 5.92. The standard InChI is InChI=1S/C20H16FNO2/c21-16-9-5-4-8-14(16)18-10-11-19(24-18)20(23)22-17-12-15(17)13-6-2-1-3-7-13/h1-11,15,17H,12H2,(H,22,23)/t15-,17-/m1/s1. The molecule has 0 radical (unpaired) electrons. The first kappa shape index (κ1) is 14.7. The van der Waals surface area contributed by atoms with E-state index in [0.717, 1.165) is 6.42 Å². The van der Waals surface area contributed by atoms with Crippen LogP contribution in [-0.4, -0.2) is 11.9 Å². The van der Waals surface area contributed by atoms with Gasteiger partial charge in [-0.1, -0.05) is 42.5 Å². The van der Waals surface area contributed by atoms with Crippen LogP contribution in [0.1, 0.15) is 28.5 Å². The number of benzene rings is 2. The van der Waals surface area contributed by atoms with Crippen LogP contribution in [0.15, 0.2) is 71.1 Å². The summed E-state index contributed by atoms with van der Waals surface area (Å²) in [5, 5.41) is 2.97. The van der Waals surface area contributed by atoms with Crippen molar-refractivity contribution < 1.29 is 13.6 Å². The third-order valence-corrected chi connectivity index (χ3v) is 4.30. The zero-order valence-corrected chi connectivity index (χ0v) is 12.9. The van der Waals surface area contributed by atoms with E-state index in [1.54, 1.807) is 30.3 Å². The number of amides is 1. The lowest BCUT2D eigenvalue weighted by atomic mass is 10.1. The Labute approximate surface area is 139 Å². The van der Waals surface area contributed by atoms with Gasteiger partial charge in [0.2, 0.25) is 0 Å². The summed E-state index contributed by atoms with van der Waals surface area (Å²) in [5.41, 5.74) is 1.58. The van der Waals surface area contributed by atoms with E-state index in [9.17, 15) is 9.18 Å². The van der Waals surface area contributed by atoms with Crippen LogP contribution in [0.3, 0.4) is 0 Å². The van der Waals surface area contributed by atoms with Gasteiger partial charge in [0.05, 0.1) is 5.56 Å². The van der Waals surface area contributed by atoms with Crippen LogP contribution in [0.5, 0.6) is 0 Å². The molecule has 0 bridgehead atoms. The maximum Gasteiger partial charge on any atom is 0.287 e. The lowest BCUT2D eigenvalue weighted by molar-refractivity contribution is 0.0923. The second-order valence-electron chi connectivity index (χ2n) is 5.98. The van der Waals surface area contributed by atoms with Gasteiger partial charge in [-0.25, -0.2) is 4.39 Å². The fraction of sp³-hybridized carbons (Fsp3) is 0.150. The molecule has 3 aromatic rings. The number of furan rings is 1. The summed E-state index contributed by atoms with van der Waals surface area (Å²) in [6.45, 7) is 0. The predicted octanol–water partition coefficient (Wildman–Crippen LogP) is 4.37. The van der Waals surface area contributed by atoms with Gasteiger partial charge in [0, 0.05) is 12.0 Å². The van der Waals surface area contributed by atoms with Crippen molar-refractivity contribution in [2.75, 3.05) is 0 Å². The maximum atomic E-state index is 13.8. The van der Waals surface area contributed by atoms with Gasteiger partial charge in [-0.15, -0.1) is 0 Å². The SMILES string of the molecule is O=C(N[C@@H]1C[C@@H]1c1ccccc1)c1ccc(-c2ccccc2F)o1. The molecule has 1 amide bonds. The number of hydrogen-bond acceptors (Lipinski definition) is 2. The number of hydrogen-bond donors (Lipinski definition) is 1. The van der Waals surface area contributed by atoms with Crippen molar-refractivity contribution in [3.05, 3.63) is 83.9 Å². The van der Waals surface area contributed by atoms with E-state index >= 15 is 0 Å². The number of nitrogens with one attached hydrogen (secondary N) is 1. The van der Waals surface area contributed by atoms with E-state index in [1.807, 2.05) is 18.2 Å². The van der Waals surface area contributed by atoms with E-state index in [-0.39, 0.29) is 23.5 Å². The molecule has 1 N–H and O–H groups in total. The Hall–Kier alpha value is -2.88. The number of carbonyl (C=O) groups is 1. The first-order chi connectivity index (χ1) is 11.7. The van der Waals surface area contributed by atoms with Crippen LogP contribution < -0.4 is 5.32 Å². The largest absolute Gasteiger partial charge is 0.451 e. The number of rotatable bonds is 4. The van der Waals surface area contributed by atoms with Gasteiger partial charge in [0.25, 0.3) is 5.91 Å². The molecule has 4 heteroatoms. The Bertz CT molecular complexity index is 872. The van der Waals surface area contributed by atoms with Crippen LogP contribution in [0, 0.1) is 5.82 Å². The fourth-order valence-corrected chi connectivity index (χ4v) is 2.93. The Kier molecular flexibility index (Phi) is 3.65. The molecular weight excluding hydrogens is 305 g/mol. The lowest BCUT2D eigenvalue weighted by Gasteiger charge is -2.03. The third-order valence-electron chi connectivity index (χ3n) is 4.30. The molecule has 1 aromatic heterocycles. The molecule has 0 unspecified atom stereocenters. The Morgan fingerprint density at radius 1 is 1.00 bits per heavy atom. The van der Waals surface area contributed by atoms with Gasteiger partial charge in [-0.2, -0.15) is 0 Å². The second kappa shape index (κ2) is 5.96. The first-order valence-corrected chi connectivity index (χ1v) is 7.93. The highest BCUT2D eigenvalue weighted by Crippen LogP contribution is 2.40. The highest BCUT2D eigenvalue weighted by atomic mass is 19.1. The molecule has 1 heterocycles. The van der Waals surface area contributed by atoms with Crippen molar-refractivity contribution in [2.24, 2.45) is 0 Å². The van der Waals surface area contributed by atoms with Gasteiger partial charge in [-0.3, -0.25) is 4.79 Å². The summed E-state index contributed by atoms with van der Waals surface area (Å²) in [4.78, 5) is 12.3. The fourth-order valence-electron chi connectivity index (χ4n) is 2.93. The molecule has 3 nitrogen and oxygen atoms in total. The van der Waals surface area contributed by atoms with E-state index in [1.165, 1.54) is 11.6 Å². The zero-order chi connectivity index (χ0) is 16.5. The molecule has 2 aromatic carbocycles. The van der Waals surface area contributed by atoms with Gasteiger partial charge in [-0.05, 0) is 36.2 Å². The zero-order valence-electron chi connectivity index (χ0n) is 12.9. The van der Waals surface area contributed by atoms with Crippen LogP contribution in [0.25, 0.3) is 11.3 Å². The molecule has 0 saturated heterocycles. The van der Waals surface area contributed by atoms with Crippen molar-refractivity contribution >= 4 is 5.91 Å². The molecular formula is C20H16FNO2. The van der Waals surface area contributed by atoms with Crippen LogP contribution >= 0.6 is 0 Å². The van der Waals surface area contributed by atoms with Crippen LogP contribution in [0.4, 0.5) is 4.39 Å².